The Morgan fingerprint density at radius 1 is 1.12 bits per heavy atom. The number of hydrogen-bond donors (Lipinski definition) is 2. The fourth-order valence-corrected chi connectivity index (χ4v) is 7.45. The SMILES string of the molecule is C=C1C(=O)[C@@]23CC(=O)[C@@H]4C(C)(C)CCC[C@@]4(C)[C@@H]2[C@@H](O)C[C@@H]1[C@H]3O. The lowest BCUT2D eigenvalue weighted by Crippen LogP contribution is -2.67. The van der Waals surface area contributed by atoms with Crippen molar-refractivity contribution in [1.82, 2.24) is 0 Å². The molecule has 4 heteroatoms. The molecule has 0 radical (unpaired) electrons. The minimum Gasteiger partial charge on any atom is -0.393 e. The van der Waals surface area contributed by atoms with Gasteiger partial charge in [-0.2, -0.15) is 0 Å². The molecule has 2 N–H and O–H groups in total. The van der Waals surface area contributed by atoms with Gasteiger partial charge in [-0.05, 0) is 35.7 Å². The zero-order valence-electron chi connectivity index (χ0n) is 14.8. The molecule has 4 aliphatic carbocycles. The highest BCUT2D eigenvalue weighted by Gasteiger charge is 2.74. The summed E-state index contributed by atoms with van der Waals surface area (Å²) in [5, 5.41) is 21.9. The summed E-state index contributed by atoms with van der Waals surface area (Å²) in [6, 6.07) is 0. The van der Waals surface area contributed by atoms with Crippen LogP contribution in [0.25, 0.3) is 0 Å². The second-order valence-electron chi connectivity index (χ2n) is 9.65. The summed E-state index contributed by atoms with van der Waals surface area (Å²) < 4.78 is 0. The van der Waals surface area contributed by atoms with Gasteiger partial charge in [-0.3, -0.25) is 9.59 Å². The molecular formula is C20H28O4. The minimum atomic E-state index is -1.14. The summed E-state index contributed by atoms with van der Waals surface area (Å²) in [6.45, 7) is 10.2. The van der Waals surface area contributed by atoms with Crippen molar-refractivity contribution in [2.24, 2.45) is 34.0 Å². The lowest BCUT2D eigenvalue weighted by molar-refractivity contribution is -0.212. The number of carbonyl (C=O) groups is 2. The van der Waals surface area contributed by atoms with Crippen molar-refractivity contribution < 1.29 is 19.8 Å². The van der Waals surface area contributed by atoms with Crippen molar-refractivity contribution in [3.63, 3.8) is 0 Å². The number of carbonyl (C=O) groups excluding carboxylic acids is 2. The van der Waals surface area contributed by atoms with E-state index in [4.69, 9.17) is 0 Å². The van der Waals surface area contributed by atoms with Gasteiger partial charge in [0.05, 0.1) is 17.6 Å². The van der Waals surface area contributed by atoms with Crippen LogP contribution in [-0.4, -0.2) is 34.0 Å². The molecule has 0 unspecified atom stereocenters. The third kappa shape index (κ3) is 1.62. The molecule has 0 heterocycles. The first-order valence-electron chi connectivity index (χ1n) is 9.20. The maximum Gasteiger partial charge on any atom is 0.168 e. The summed E-state index contributed by atoms with van der Waals surface area (Å²) in [7, 11) is 0. The maximum atomic E-state index is 13.2. The Hall–Kier alpha value is -1.00. The molecule has 4 nitrogen and oxygen atoms in total. The molecule has 0 aromatic carbocycles. The van der Waals surface area contributed by atoms with Gasteiger partial charge in [0.1, 0.15) is 5.78 Å². The van der Waals surface area contributed by atoms with Crippen molar-refractivity contribution in [3.8, 4) is 0 Å². The Balaban J connectivity index is 1.93. The molecule has 4 fully saturated rings. The Bertz CT molecular complexity index is 650. The van der Waals surface area contributed by atoms with Crippen LogP contribution >= 0.6 is 0 Å². The summed E-state index contributed by atoms with van der Waals surface area (Å²) in [5.74, 6) is -0.987. The predicted octanol–water partition coefficient (Wildman–Crippen LogP) is 2.28. The van der Waals surface area contributed by atoms with Gasteiger partial charge in [-0.15, -0.1) is 0 Å². The average molecular weight is 332 g/mol. The van der Waals surface area contributed by atoms with Crippen molar-refractivity contribution >= 4 is 11.6 Å². The highest BCUT2D eigenvalue weighted by Crippen LogP contribution is 2.70. The molecule has 2 bridgehead atoms. The first kappa shape index (κ1) is 16.5. The predicted molar refractivity (Wildman–Crippen MR) is 89.0 cm³/mol. The number of Topliss-reactive ketones (excluding diaryl/α,β-unsaturated/α-hetero) is 2. The normalized spacial score (nSPS) is 52.9. The fourth-order valence-electron chi connectivity index (χ4n) is 7.45. The summed E-state index contributed by atoms with van der Waals surface area (Å²) >= 11 is 0. The quantitative estimate of drug-likeness (QED) is 0.667. The second-order valence-corrected chi connectivity index (χ2v) is 9.65. The summed E-state index contributed by atoms with van der Waals surface area (Å²) in [5.41, 5.74) is -1.31. The molecule has 0 aromatic rings. The van der Waals surface area contributed by atoms with Crippen LogP contribution in [0.5, 0.6) is 0 Å². The Morgan fingerprint density at radius 2 is 1.79 bits per heavy atom. The van der Waals surface area contributed by atoms with Gasteiger partial charge >= 0.3 is 0 Å². The van der Waals surface area contributed by atoms with Gasteiger partial charge < -0.3 is 10.2 Å². The van der Waals surface area contributed by atoms with Crippen molar-refractivity contribution in [1.29, 1.82) is 0 Å². The first-order valence-corrected chi connectivity index (χ1v) is 9.20. The van der Waals surface area contributed by atoms with Crippen molar-refractivity contribution in [2.75, 3.05) is 0 Å². The van der Waals surface area contributed by atoms with Crippen LogP contribution in [0, 0.1) is 34.0 Å². The molecule has 0 saturated heterocycles. The summed E-state index contributed by atoms with van der Waals surface area (Å²) in [4.78, 5) is 26.3. The lowest BCUT2D eigenvalue weighted by Gasteiger charge is -2.63. The number of aliphatic hydroxyl groups is 2. The number of rotatable bonds is 0. The van der Waals surface area contributed by atoms with E-state index in [1.165, 1.54) is 0 Å². The van der Waals surface area contributed by atoms with Gasteiger partial charge in [0.2, 0.25) is 0 Å². The molecule has 7 atom stereocenters. The first-order chi connectivity index (χ1) is 11.1. The van der Waals surface area contributed by atoms with Crippen LogP contribution in [0.15, 0.2) is 12.2 Å². The largest absolute Gasteiger partial charge is 0.393 e. The highest BCUT2D eigenvalue weighted by atomic mass is 16.3. The van der Waals surface area contributed by atoms with E-state index in [2.05, 4.69) is 27.4 Å². The van der Waals surface area contributed by atoms with E-state index in [9.17, 15) is 19.8 Å². The molecule has 132 valence electrons. The monoisotopic (exact) mass is 332 g/mol. The average Bonchev–Trinajstić information content (AvgIpc) is 2.57. The third-order valence-corrected chi connectivity index (χ3v) is 7.98. The van der Waals surface area contributed by atoms with Crippen molar-refractivity contribution in [3.05, 3.63) is 12.2 Å². The number of hydrogen-bond acceptors (Lipinski definition) is 4. The molecule has 1 spiro atoms. The molecule has 0 aliphatic heterocycles. The van der Waals surface area contributed by atoms with E-state index in [0.717, 1.165) is 19.3 Å². The van der Waals surface area contributed by atoms with Crippen LogP contribution in [0.3, 0.4) is 0 Å². The zero-order valence-corrected chi connectivity index (χ0v) is 14.8. The third-order valence-electron chi connectivity index (χ3n) is 7.98. The Morgan fingerprint density at radius 3 is 2.46 bits per heavy atom. The van der Waals surface area contributed by atoms with Gasteiger partial charge in [0, 0.05) is 24.2 Å². The molecule has 0 aromatic heterocycles. The van der Waals surface area contributed by atoms with Crippen LogP contribution in [0.4, 0.5) is 0 Å². The fraction of sp³-hybridized carbons (Fsp3) is 0.800. The van der Waals surface area contributed by atoms with E-state index in [1.807, 2.05) is 0 Å². The number of ketones is 2. The maximum absolute atomic E-state index is 13.2. The van der Waals surface area contributed by atoms with Gasteiger partial charge in [-0.25, -0.2) is 0 Å². The van der Waals surface area contributed by atoms with Crippen LogP contribution in [0.2, 0.25) is 0 Å². The highest BCUT2D eigenvalue weighted by molar-refractivity contribution is 6.07. The smallest absolute Gasteiger partial charge is 0.168 e. The van der Waals surface area contributed by atoms with Crippen molar-refractivity contribution in [2.45, 2.75) is 65.1 Å². The van der Waals surface area contributed by atoms with E-state index < -0.39 is 29.0 Å². The Labute approximate surface area is 143 Å². The van der Waals surface area contributed by atoms with Gasteiger partial charge in [-0.1, -0.05) is 33.8 Å². The molecule has 24 heavy (non-hydrogen) atoms. The van der Waals surface area contributed by atoms with Gasteiger partial charge in [0.15, 0.2) is 5.78 Å². The van der Waals surface area contributed by atoms with Crippen LogP contribution in [-0.2, 0) is 9.59 Å². The van der Waals surface area contributed by atoms with Crippen LogP contribution < -0.4 is 0 Å². The molecule has 4 rings (SSSR count). The molecule has 4 aliphatic rings. The summed E-state index contributed by atoms with van der Waals surface area (Å²) in [6.07, 6.45) is 1.71. The topological polar surface area (TPSA) is 74.6 Å². The van der Waals surface area contributed by atoms with E-state index in [1.54, 1.807) is 0 Å². The second kappa shape index (κ2) is 4.59. The zero-order chi connectivity index (χ0) is 17.7. The standard InChI is InChI=1S/C20H28O4/c1-10-11-8-12(21)15-19(4)7-5-6-18(2,3)14(19)13(22)9-20(15,16(10)23)17(11)24/h11-12,14-15,17,21,24H,1,5-9H2,2-4H3/t11-,12-,14+,15-,17+,19+,20+/m0/s1. The van der Waals surface area contributed by atoms with Gasteiger partial charge in [0.25, 0.3) is 0 Å². The van der Waals surface area contributed by atoms with Crippen LogP contribution in [0.1, 0.15) is 52.9 Å². The van der Waals surface area contributed by atoms with E-state index in [0.29, 0.717) is 12.0 Å². The number of aliphatic hydroxyl groups excluding tert-OH is 2. The number of fused-ring (bicyclic) bond motifs is 3. The molecular weight excluding hydrogens is 304 g/mol. The van der Waals surface area contributed by atoms with E-state index >= 15 is 0 Å². The Kier molecular flexibility index (Phi) is 3.15. The lowest BCUT2D eigenvalue weighted by atomic mass is 9.39. The molecule has 4 saturated carbocycles. The minimum absolute atomic E-state index is 0.0634. The van der Waals surface area contributed by atoms with E-state index in [-0.39, 0.29) is 35.2 Å². The molecule has 0 amide bonds.